The topological polar surface area (TPSA) is 33.4 Å². The molecule has 0 amide bonds. The summed E-state index contributed by atoms with van der Waals surface area (Å²) in [4.78, 5) is 0. The molecule has 6 heteroatoms. The Balaban J connectivity index is 1.60. The fourth-order valence-corrected chi connectivity index (χ4v) is 3.55. The highest BCUT2D eigenvalue weighted by Crippen LogP contribution is 2.21. The molecule has 1 heterocycles. The first-order chi connectivity index (χ1) is 15.1. The Kier molecular flexibility index (Phi) is 6.43. The van der Waals surface area contributed by atoms with Crippen LogP contribution in [0.25, 0.3) is 0 Å². The first-order valence-corrected chi connectivity index (χ1v) is 10.4. The van der Waals surface area contributed by atoms with Crippen molar-refractivity contribution in [2.24, 2.45) is 5.10 Å². The maximum atomic E-state index is 13.2. The molecular weight excluding hydrogens is 411 g/mol. The molecule has 0 saturated heterocycles. The van der Waals surface area contributed by atoms with Crippen LogP contribution in [0.15, 0.2) is 90.0 Å². The van der Waals surface area contributed by atoms with Gasteiger partial charge in [-0.2, -0.15) is 10.2 Å². The summed E-state index contributed by atoms with van der Waals surface area (Å²) in [6.45, 7) is 2.99. The number of nitrogens with zero attached hydrogens (tertiary/aromatic N) is 4. The van der Waals surface area contributed by atoms with Gasteiger partial charge in [-0.15, -0.1) is 0 Å². The Morgan fingerprint density at radius 2 is 1.58 bits per heavy atom. The molecule has 0 aliphatic heterocycles. The number of hydrazone groups is 1. The minimum absolute atomic E-state index is 0.265. The van der Waals surface area contributed by atoms with Gasteiger partial charge in [0.1, 0.15) is 11.0 Å². The maximum absolute atomic E-state index is 13.2. The molecule has 0 spiro atoms. The molecule has 0 fully saturated rings. The Morgan fingerprint density at radius 1 is 0.935 bits per heavy atom. The van der Waals surface area contributed by atoms with Crippen molar-refractivity contribution in [3.63, 3.8) is 0 Å². The number of anilines is 1. The van der Waals surface area contributed by atoms with Crippen LogP contribution in [-0.4, -0.2) is 16.0 Å². The quantitative estimate of drug-likeness (QED) is 0.262. The van der Waals surface area contributed by atoms with E-state index in [4.69, 9.17) is 16.7 Å². The fraction of sp³-hybridized carbons (Fsp3) is 0.120. The zero-order valence-electron chi connectivity index (χ0n) is 17.1. The molecule has 156 valence electrons. The molecule has 0 atom stereocenters. The lowest BCUT2D eigenvalue weighted by molar-refractivity contribution is 0.624. The Bertz CT molecular complexity index is 1160. The van der Waals surface area contributed by atoms with Crippen LogP contribution in [0.5, 0.6) is 0 Å². The lowest BCUT2D eigenvalue weighted by atomic mass is 10.2. The second-order valence-electron chi connectivity index (χ2n) is 7.20. The third-order valence-electron chi connectivity index (χ3n) is 4.91. The molecule has 0 saturated carbocycles. The lowest BCUT2D eigenvalue weighted by Gasteiger charge is -2.19. The average Bonchev–Trinajstić information content (AvgIpc) is 3.06. The van der Waals surface area contributed by atoms with Gasteiger partial charge >= 0.3 is 0 Å². The van der Waals surface area contributed by atoms with Crippen LogP contribution in [0.4, 0.5) is 10.1 Å². The van der Waals surface area contributed by atoms with E-state index in [-0.39, 0.29) is 5.82 Å². The van der Waals surface area contributed by atoms with Crippen LogP contribution in [0, 0.1) is 12.7 Å². The molecule has 0 unspecified atom stereocenters. The zero-order valence-corrected chi connectivity index (χ0v) is 17.9. The van der Waals surface area contributed by atoms with Crippen molar-refractivity contribution >= 4 is 23.5 Å². The maximum Gasteiger partial charge on any atom is 0.136 e. The highest BCUT2D eigenvalue weighted by molar-refractivity contribution is 6.32. The average molecular weight is 433 g/mol. The molecule has 4 aromatic rings. The van der Waals surface area contributed by atoms with Crippen LogP contribution in [0.1, 0.15) is 22.4 Å². The largest absolute Gasteiger partial charge is 0.261 e. The second-order valence-corrected chi connectivity index (χ2v) is 7.56. The van der Waals surface area contributed by atoms with Gasteiger partial charge in [0.2, 0.25) is 0 Å². The third kappa shape index (κ3) is 5.19. The van der Waals surface area contributed by atoms with Crippen molar-refractivity contribution < 1.29 is 4.39 Å². The molecule has 0 aliphatic carbocycles. The molecule has 0 bridgehead atoms. The first-order valence-electron chi connectivity index (χ1n) is 9.98. The molecule has 3 aromatic carbocycles. The Hall–Kier alpha value is -3.44. The number of benzene rings is 3. The molecule has 1 aromatic heterocycles. The summed E-state index contributed by atoms with van der Waals surface area (Å²) in [5, 5.41) is 11.7. The number of para-hydroxylation sites is 1. The van der Waals surface area contributed by atoms with Crippen LogP contribution < -0.4 is 5.01 Å². The number of rotatable bonds is 7. The lowest BCUT2D eigenvalue weighted by Crippen LogP contribution is -2.16. The van der Waals surface area contributed by atoms with Crippen LogP contribution in [0.2, 0.25) is 5.15 Å². The molecule has 31 heavy (non-hydrogen) atoms. The molecular formula is C25H22ClFN4. The zero-order chi connectivity index (χ0) is 21.6. The van der Waals surface area contributed by atoms with E-state index in [1.807, 2.05) is 60.5 Å². The van der Waals surface area contributed by atoms with Crippen molar-refractivity contribution in [1.82, 2.24) is 9.78 Å². The van der Waals surface area contributed by atoms with Crippen LogP contribution in [0.3, 0.4) is 0 Å². The van der Waals surface area contributed by atoms with E-state index < -0.39 is 0 Å². The number of aryl methyl sites for hydroxylation is 1. The van der Waals surface area contributed by atoms with E-state index >= 15 is 0 Å². The highest BCUT2D eigenvalue weighted by atomic mass is 35.5. The summed E-state index contributed by atoms with van der Waals surface area (Å²) in [7, 11) is 0. The van der Waals surface area contributed by atoms with Gasteiger partial charge in [0.25, 0.3) is 0 Å². The van der Waals surface area contributed by atoms with Crippen molar-refractivity contribution in [2.45, 2.75) is 20.0 Å². The van der Waals surface area contributed by atoms with E-state index in [1.54, 1.807) is 23.0 Å². The van der Waals surface area contributed by atoms with Gasteiger partial charge in [0, 0.05) is 0 Å². The van der Waals surface area contributed by atoms with Gasteiger partial charge in [0.05, 0.1) is 36.2 Å². The van der Waals surface area contributed by atoms with Gasteiger partial charge in [0.15, 0.2) is 0 Å². The summed E-state index contributed by atoms with van der Waals surface area (Å²) in [6.07, 6.45) is 1.75. The van der Waals surface area contributed by atoms with Crippen molar-refractivity contribution in [1.29, 1.82) is 0 Å². The monoisotopic (exact) mass is 432 g/mol. The fourth-order valence-electron chi connectivity index (χ4n) is 3.26. The smallest absolute Gasteiger partial charge is 0.136 e. The normalized spacial score (nSPS) is 11.2. The Morgan fingerprint density at radius 3 is 2.26 bits per heavy atom. The minimum atomic E-state index is -0.265. The second kappa shape index (κ2) is 9.58. The van der Waals surface area contributed by atoms with E-state index in [0.717, 1.165) is 28.1 Å². The van der Waals surface area contributed by atoms with Crippen LogP contribution >= 0.6 is 11.6 Å². The third-order valence-corrected chi connectivity index (χ3v) is 5.31. The molecule has 0 radical (unpaired) electrons. The van der Waals surface area contributed by atoms with E-state index in [1.165, 1.54) is 12.1 Å². The standard InChI is InChI=1S/C25H22ClFN4/c1-19-24(25(26)31(29-19)18-21-12-14-22(27)15-13-21)16-28-30(23-10-6-3-7-11-23)17-20-8-4-2-5-9-20/h2-16H,17-18H2,1H3. The Labute approximate surface area is 186 Å². The van der Waals surface area contributed by atoms with Crippen molar-refractivity contribution in [2.75, 3.05) is 5.01 Å². The summed E-state index contributed by atoms with van der Waals surface area (Å²) in [6, 6.07) is 26.5. The summed E-state index contributed by atoms with van der Waals surface area (Å²) < 4.78 is 14.9. The molecule has 4 rings (SSSR count). The van der Waals surface area contributed by atoms with Gasteiger partial charge in [-0.25, -0.2) is 9.07 Å². The summed E-state index contributed by atoms with van der Waals surface area (Å²) in [5.41, 5.74) is 4.60. The number of halogens is 2. The van der Waals surface area contributed by atoms with Crippen molar-refractivity contribution in [3.8, 4) is 0 Å². The van der Waals surface area contributed by atoms with Gasteiger partial charge in [-0.05, 0) is 42.3 Å². The molecule has 0 aliphatic rings. The number of aromatic nitrogens is 2. The van der Waals surface area contributed by atoms with Crippen molar-refractivity contribution in [3.05, 3.63) is 118 Å². The van der Waals surface area contributed by atoms with E-state index in [9.17, 15) is 4.39 Å². The highest BCUT2D eigenvalue weighted by Gasteiger charge is 2.13. The predicted molar refractivity (Wildman–Crippen MR) is 124 cm³/mol. The van der Waals surface area contributed by atoms with Gasteiger partial charge in [-0.1, -0.05) is 72.3 Å². The van der Waals surface area contributed by atoms with E-state index in [2.05, 4.69) is 17.2 Å². The molecule has 4 nitrogen and oxygen atoms in total. The predicted octanol–water partition coefficient (Wildman–Crippen LogP) is 6.07. The van der Waals surface area contributed by atoms with Gasteiger partial charge in [-0.3, -0.25) is 5.01 Å². The first kappa shape index (κ1) is 20.8. The molecule has 0 N–H and O–H groups in total. The number of hydrogen-bond donors (Lipinski definition) is 0. The minimum Gasteiger partial charge on any atom is -0.261 e. The summed E-state index contributed by atoms with van der Waals surface area (Å²) >= 11 is 6.62. The number of hydrogen-bond acceptors (Lipinski definition) is 3. The van der Waals surface area contributed by atoms with Crippen LogP contribution in [-0.2, 0) is 13.1 Å². The SMILES string of the molecule is Cc1nn(Cc2ccc(F)cc2)c(Cl)c1C=NN(Cc1ccccc1)c1ccccc1. The van der Waals surface area contributed by atoms with Gasteiger partial charge < -0.3 is 0 Å². The van der Waals surface area contributed by atoms with E-state index in [0.29, 0.717) is 18.2 Å². The summed E-state index contributed by atoms with van der Waals surface area (Å²) in [5.74, 6) is -0.265.